The Morgan fingerprint density at radius 2 is 1.81 bits per heavy atom. The van der Waals surface area contributed by atoms with E-state index in [2.05, 4.69) is 21.5 Å². The zero-order valence-corrected chi connectivity index (χ0v) is 19.8. The van der Waals surface area contributed by atoms with E-state index in [0.29, 0.717) is 23.0 Å². The van der Waals surface area contributed by atoms with Gasteiger partial charge in [-0.2, -0.15) is 0 Å². The zero-order chi connectivity index (χ0) is 22.4. The summed E-state index contributed by atoms with van der Waals surface area (Å²) in [5, 5.41) is 9.92. The van der Waals surface area contributed by atoms with E-state index in [-0.39, 0.29) is 10.9 Å². The van der Waals surface area contributed by atoms with Crippen molar-refractivity contribution in [3.05, 3.63) is 83.7 Å². The first-order chi connectivity index (χ1) is 14.8. The van der Waals surface area contributed by atoms with Gasteiger partial charge in [-0.15, -0.1) is 16.8 Å². The Kier molecular flexibility index (Phi) is 7.94. The maximum atomic E-state index is 13.1. The molecule has 1 atom stereocenters. The van der Waals surface area contributed by atoms with Crippen LogP contribution in [0.1, 0.15) is 37.3 Å². The Balaban J connectivity index is 2.02. The molecule has 3 rings (SSSR count). The molecule has 0 bridgehead atoms. The molecule has 0 aliphatic carbocycles. The van der Waals surface area contributed by atoms with Crippen LogP contribution in [0.2, 0.25) is 5.02 Å². The van der Waals surface area contributed by atoms with Crippen molar-refractivity contribution in [1.82, 2.24) is 19.5 Å². The second-order valence-electron chi connectivity index (χ2n) is 7.22. The highest BCUT2D eigenvalue weighted by Crippen LogP contribution is 2.28. The van der Waals surface area contributed by atoms with Crippen LogP contribution in [-0.4, -0.2) is 28.9 Å². The number of aromatic nitrogens is 3. The molecule has 2 aromatic carbocycles. The molecule has 0 aliphatic heterocycles. The van der Waals surface area contributed by atoms with Crippen LogP contribution in [0.4, 0.5) is 0 Å². The summed E-state index contributed by atoms with van der Waals surface area (Å²) in [7, 11) is -3.81. The molecule has 0 saturated carbocycles. The monoisotopic (exact) mass is 476 g/mol. The minimum atomic E-state index is -3.81. The molecule has 164 valence electrons. The highest BCUT2D eigenvalue weighted by Gasteiger charge is 2.28. The Hall–Kier alpha value is -2.13. The van der Waals surface area contributed by atoms with Crippen LogP contribution in [0.5, 0.6) is 0 Å². The predicted molar refractivity (Wildman–Crippen MR) is 126 cm³/mol. The summed E-state index contributed by atoms with van der Waals surface area (Å²) in [5.74, 6) is 1.26. The lowest BCUT2D eigenvalue weighted by Gasteiger charge is -2.22. The minimum Gasteiger partial charge on any atom is -0.302 e. The van der Waals surface area contributed by atoms with Gasteiger partial charge >= 0.3 is 0 Å². The van der Waals surface area contributed by atoms with Crippen molar-refractivity contribution >= 4 is 33.4 Å². The second-order valence-corrected chi connectivity index (χ2v) is 10.4. The summed E-state index contributed by atoms with van der Waals surface area (Å²) in [5.41, 5.74) is 0.991. The van der Waals surface area contributed by atoms with Gasteiger partial charge in [0.2, 0.25) is 10.0 Å². The smallest absolute Gasteiger partial charge is 0.241 e. The number of rotatable bonds is 10. The first kappa shape index (κ1) is 23.5. The fourth-order valence-electron chi connectivity index (χ4n) is 3.15. The molecule has 1 heterocycles. The van der Waals surface area contributed by atoms with Gasteiger partial charge in [-0.05, 0) is 50.1 Å². The van der Waals surface area contributed by atoms with Crippen LogP contribution in [-0.2, 0) is 16.4 Å². The van der Waals surface area contributed by atoms with Gasteiger partial charge in [0, 0.05) is 16.8 Å². The Labute approximate surface area is 192 Å². The summed E-state index contributed by atoms with van der Waals surface area (Å²) in [6, 6.07) is 15.3. The second kappa shape index (κ2) is 10.5. The largest absolute Gasteiger partial charge is 0.302 e. The van der Waals surface area contributed by atoms with E-state index in [1.54, 1.807) is 18.2 Å². The van der Waals surface area contributed by atoms with Crippen LogP contribution in [0.25, 0.3) is 0 Å². The highest BCUT2D eigenvalue weighted by atomic mass is 35.5. The van der Waals surface area contributed by atoms with Gasteiger partial charge in [0.1, 0.15) is 0 Å². The summed E-state index contributed by atoms with van der Waals surface area (Å²) in [4.78, 5) is 0.145. The molecule has 0 aliphatic rings. The predicted octanol–water partition coefficient (Wildman–Crippen LogP) is 5.05. The molecule has 6 nitrogen and oxygen atoms in total. The number of sulfonamides is 1. The number of nitrogens with one attached hydrogen (secondary N) is 1. The molecule has 0 spiro atoms. The topological polar surface area (TPSA) is 76.9 Å². The Morgan fingerprint density at radius 1 is 1.13 bits per heavy atom. The molecular weight excluding hydrogens is 452 g/mol. The molecule has 0 fully saturated rings. The lowest BCUT2D eigenvalue weighted by atomic mass is 10.1. The van der Waals surface area contributed by atoms with Gasteiger partial charge in [0.15, 0.2) is 11.0 Å². The lowest BCUT2D eigenvalue weighted by molar-refractivity contribution is 0.475. The molecule has 9 heteroatoms. The Morgan fingerprint density at radius 3 is 2.42 bits per heavy atom. The summed E-state index contributed by atoms with van der Waals surface area (Å²) >= 11 is 7.44. The van der Waals surface area contributed by atoms with E-state index in [0.717, 1.165) is 10.7 Å². The van der Waals surface area contributed by atoms with E-state index in [1.165, 1.54) is 23.9 Å². The fourth-order valence-corrected chi connectivity index (χ4v) is 5.28. The standard InChI is InChI=1S/C22H25ClN4O2S2/c1-4-14-30-22-25-24-21(27(22)16(2)3)20(15-17-8-6-5-7-9-17)26-31(28,29)19-12-10-18(23)11-13-19/h4-13,16,20,26H,1,14-15H2,2-3H3/t20-/m1/s1. The highest BCUT2D eigenvalue weighted by molar-refractivity contribution is 7.99. The zero-order valence-electron chi connectivity index (χ0n) is 17.4. The first-order valence-electron chi connectivity index (χ1n) is 9.82. The van der Waals surface area contributed by atoms with Crippen LogP contribution in [0, 0.1) is 0 Å². The quantitative estimate of drug-likeness (QED) is 0.327. The number of benzene rings is 2. The summed E-state index contributed by atoms with van der Waals surface area (Å²) in [6.07, 6.45) is 2.24. The molecular formula is C22H25ClN4O2S2. The van der Waals surface area contributed by atoms with Crippen molar-refractivity contribution in [2.75, 3.05) is 5.75 Å². The van der Waals surface area contributed by atoms with E-state index in [9.17, 15) is 8.42 Å². The van der Waals surface area contributed by atoms with Gasteiger partial charge in [0.05, 0.1) is 10.9 Å². The van der Waals surface area contributed by atoms with E-state index in [4.69, 9.17) is 11.6 Å². The maximum absolute atomic E-state index is 13.1. The normalized spacial score (nSPS) is 12.8. The molecule has 31 heavy (non-hydrogen) atoms. The number of thioether (sulfide) groups is 1. The number of nitrogens with zero attached hydrogens (tertiary/aromatic N) is 3. The average Bonchev–Trinajstić information content (AvgIpc) is 3.17. The van der Waals surface area contributed by atoms with Crippen molar-refractivity contribution in [2.24, 2.45) is 0 Å². The van der Waals surface area contributed by atoms with Gasteiger partial charge in [-0.25, -0.2) is 13.1 Å². The summed E-state index contributed by atoms with van der Waals surface area (Å²) in [6.45, 7) is 7.81. The number of hydrogen-bond acceptors (Lipinski definition) is 5. The van der Waals surface area contributed by atoms with E-state index >= 15 is 0 Å². The van der Waals surface area contributed by atoms with Crippen LogP contribution in [0.3, 0.4) is 0 Å². The molecule has 0 unspecified atom stereocenters. The van der Waals surface area contributed by atoms with Crippen LogP contribution >= 0.6 is 23.4 Å². The van der Waals surface area contributed by atoms with E-state index < -0.39 is 16.1 Å². The van der Waals surface area contributed by atoms with Crippen LogP contribution in [0.15, 0.2) is 77.3 Å². The fraction of sp³-hybridized carbons (Fsp3) is 0.273. The van der Waals surface area contributed by atoms with Gasteiger partial charge in [-0.3, -0.25) is 0 Å². The third-order valence-corrected chi connectivity index (χ3v) is 7.23. The van der Waals surface area contributed by atoms with Crippen molar-refractivity contribution in [3.63, 3.8) is 0 Å². The lowest BCUT2D eigenvalue weighted by Crippen LogP contribution is -2.32. The number of hydrogen-bond donors (Lipinski definition) is 1. The first-order valence-corrected chi connectivity index (χ1v) is 12.7. The van der Waals surface area contributed by atoms with Crippen molar-refractivity contribution in [2.45, 2.75) is 42.4 Å². The minimum absolute atomic E-state index is 0.0515. The van der Waals surface area contributed by atoms with Gasteiger partial charge in [0.25, 0.3) is 0 Å². The van der Waals surface area contributed by atoms with Crippen LogP contribution < -0.4 is 4.72 Å². The van der Waals surface area contributed by atoms with Gasteiger partial charge in [-0.1, -0.05) is 59.8 Å². The average molecular weight is 477 g/mol. The van der Waals surface area contributed by atoms with E-state index in [1.807, 2.05) is 48.7 Å². The SMILES string of the molecule is C=CCSc1nnc([C@@H](Cc2ccccc2)NS(=O)(=O)c2ccc(Cl)cc2)n1C(C)C. The Bertz CT molecular complexity index is 1110. The van der Waals surface area contributed by atoms with Crippen molar-refractivity contribution in [3.8, 4) is 0 Å². The molecule has 3 aromatic rings. The molecule has 0 saturated heterocycles. The maximum Gasteiger partial charge on any atom is 0.241 e. The molecule has 1 N–H and O–H groups in total. The third kappa shape index (κ3) is 5.98. The van der Waals surface area contributed by atoms with Crippen molar-refractivity contribution in [1.29, 1.82) is 0 Å². The number of halogens is 1. The molecule has 1 aromatic heterocycles. The molecule has 0 radical (unpaired) electrons. The van der Waals surface area contributed by atoms with Crippen molar-refractivity contribution < 1.29 is 8.42 Å². The third-order valence-electron chi connectivity index (χ3n) is 4.55. The summed E-state index contributed by atoms with van der Waals surface area (Å²) < 4.78 is 31.1. The molecule has 0 amide bonds. The van der Waals surface area contributed by atoms with Gasteiger partial charge < -0.3 is 4.57 Å².